The minimum absolute atomic E-state index is 0.0911. The first-order chi connectivity index (χ1) is 7.11. The molecule has 0 N–H and O–H groups in total. The summed E-state index contributed by atoms with van der Waals surface area (Å²) in [4.78, 5) is 22.1. The molecule has 0 atom stereocenters. The molecular weight excluding hydrogens is 188 g/mol. The molecule has 1 aromatic rings. The zero-order chi connectivity index (χ0) is 11.3. The quantitative estimate of drug-likeness (QED) is 0.691. The third-order valence-corrected chi connectivity index (χ3v) is 2.37. The van der Waals surface area contributed by atoms with Gasteiger partial charge in [0.25, 0.3) is 0 Å². The van der Waals surface area contributed by atoms with Crippen molar-refractivity contribution in [1.29, 1.82) is 0 Å². The predicted octanol–water partition coefficient (Wildman–Crippen LogP) is 2.80. The normalized spacial score (nSPS) is 10.0. The highest BCUT2D eigenvalue weighted by Gasteiger charge is 2.05. The molecule has 0 aliphatic heterocycles. The predicted molar refractivity (Wildman–Crippen MR) is 60.1 cm³/mol. The van der Waals surface area contributed by atoms with Crippen molar-refractivity contribution in [2.75, 3.05) is 0 Å². The molecule has 1 aromatic carbocycles. The molecule has 0 fully saturated rings. The van der Waals surface area contributed by atoms with E-state index in [-0.39, 0.29) is 11.6 Å². The Balaban J connectivity index is 2.67. The van der Waals surface area contributed by atoms with Gasteiger partial charge >= 0.3 is 0 Å². The van der Waals surface area contributed by atoms with Crippen molar-refractivity contribution in [2.24, 2.45) is 0 Å². The molecule has 0 aromatic heterocycles. The smallest absolute Gasteiger partial charge is 0.160 e. The van der Waals surface area contributed by atoms with E-state index >= 15 is 0 Å². The molecule has 0 aliphatic rings. The first-order valence-corrected chi connectivity index (χ1v) is 5.19. The van der Waals surface area contributed by atoms with E-state index in [0.717, 1.165) is 24.0 Å². The third-order valence-electron chi connectivity index (χ3n) is 2.37. The van der Waals surface area contributed by atoms with Gasteiger partial charge in [-0.2, -0.15) is 0 Å². The van der Waals surface area contributed by atoms with Crippen LogP contribution < -0.4 is 0 Å². The topological polar surface area (TPSA) is 34.1 Å². The van der Waals surface area contributed by atoms with Gasteiger partial charge in [-0.05, 0) is 32.3 Å². The number of benzene rings is 1. The van der Waals surface area contributed by atoms with E-state index in [2.05, 4.69) is 0 Å². The summed E-state index contributed by atoms with van der Waals surface area (Å²) in [5.74, 6) is 0.295. The molecule has 80 valence electrons. The number of carbonyl (C=O) groups is 2. The molecule has 0 saturated carbocycles. The first kappa shape index (κ1) is 11.6. The lowest BCUT2D eigenvalue weighted by molar-refractivity contribution is -0.117. The molecular formula is C13H16O2. The second kappa shape index (κ2) is 5.44. The Morgan fingerprint density at radius 1 is 1.13 bits per heavy atom. The molecule has 0 aliphatic carbocycles. The molecule has 0 spiro atoms. The van der Waals surface area contributed by atoms with E-state index in [1.54, 1.807) is 13.8 Å². The Labute approximate surface area is 90.3 Å². The summed E-state index contributed by atoms with van der Waals surface area (Å²) in [6.45, 7) is 3.17. The highest BCUT2D eigenvalue weighted by atomic mass is 16.1. The number of rotatable bonds is 5. The van der Waals surface area contributed by atoms with E-state index in [1.165, 1.54) is 0 Å². The lowest BCUT2D eigenvalue weighted by Gasteiger charge is -2.05. The fourth-order valence-electron chi connectivity index (χ4n) is 1.61. The SMILES string of the molecule is CC(=O)CCCc1ccccc1C(C)=O. The van der Waals surface area contributed by atoms with Gasteiger partial charge in [-0.3, -0.25) is 4.79 Å². The zero-order valence-corrected chi connectivity index (χ0v) is 9.25. The van der Waals surface area contributed by atoms with Crippen molar-refractivity contribution in [3.05, 3.63) is 35.4 Å². The maximum atomic E-state index is 11.3. The van der Waals surface area contributed by atoms with E-state index in [0.29, 0.717) is 6.42 Å². The van der Waals surface area contributed by atoms with Gasteiger partial charge in [-0.1, -0.05) is 24.3 Å². The zero-order valence-electron chi connectivity index (χ0n) is 9.25. The summed E-state index contributed by atoms with van der Waals surface area (Å²) in [6.07, 6.45) is 2.21. The minimum Gasteiger partial charge on any atom is -0.300 e. The summed E-state index contributed by atoms with van der Waals surface area (Å²) >= 11 is 0. The Kier molecular flexibility index (Phi) is 4.22. The van der Waals surface area contributed by atoms with Crippen LogP contribution in [0.3, 0.4) is 0 Å². The van der Waals surface area contributed by atoms with Crippen molar-refractivity contribution >= 4 is 11.6 Å². The molecule has 0 amide bonds. The Morgan fingerprint density at radius 3 is 2.40 bits per heavy atom. The average molecular weight is 204 g/mol. The van der Waals surface area contributed by atoms with E-state index in [9.17, 15) is 9.59 Å². The van der Waals surface area contributed by atoms with Crippen LogP contribution in [0, 0.1) is 0 Å². The van der Waals surface area contributed by atoms with Gasteiger partial charge in [0, 0.05) is 12.0 Å². The van der Waals surface area contributed by atoms with E-state index < -0.39 is 0 Å². The van der Waals surface area contributed by atoms with Gasteiger partial charge in [-0.25, -0.2) is 0 Å². The molecule has 2 nitrogen and oxygen atoms in total. The average Bonchev–Trinajstić information content (AvgIpc) is 2.17. The summed E-state index contributed by atoms with van der Waals surface area (Å²) in [7, 11) is 0. The van der Waals surface area contributed by atoms with Crippen LogP contribution in [0.2, 0.25) is 0 Å². The fourth-order valence-corrected chi connectivity index (χ4v) is 1.61. The van der Waals surface area contributed by atoms with Crippen molar-refractivity contribution in [2.45, 2.75) is 33.1 Å². The van der Waals surface area contributed by atoms with Crippen molar-refractivity contribution < 1.29 is 9.59 Å². The number of hydrogen-bond donors (Lipinski definition) is 0. The van der Waals surface area contributed by atoms with Crippen LogP contribution in [0.4, 0.5) is 0 Å². The molecule has 15 heavy (non-hydrogen) atoms. The third kappa shape index (κ3) is 3.66. The standard InChI is InChI=1S/C13H16O2/c1-10(14)6-5-8-12-7-3-4-9-13(12)11(2)15/h3-4,7,9H,5-6,8H2,1-2H3. The molecule has 0 bridgehead atoms. The number of ketones is 2. The maximum absolute atomic E-state index is 11.3. The first-order valence-electron chi connectivity index (χ1n) is 5.19. The van der Waals surface area contributed by atoms with E-state index in [1.807, 2.05) is 24.3 Å². The van der Waals surface area contributed by atoms with Crippen LogP contribution in [-0.2, 0) is 11.2 Å². The Hall–Kier alpha value is -1.44. The minimum atomic E-state index is 0.0911. The molecule has 0 unspecified atom stereocenters. The van der Waals surface area contributed by atoms with Crippen LogP contribution >= 0.6 is 0 Å². The summed E-state index contributed by atoms with van der Waals surface area (Å²) < 4.78 is 0. The van der Waals surface area contributed by atoms with Gasteiger partial charge < -0.3 is 4.79 Å². The number of aryl methyl sites for hydroxylation is 1. The second-order valence-corrected chi connectivity index (χ2v) is 3.77. The highest BCUT2D eigenvalue weighted by molar-refractivity contribution is 5.95. The molecule has 0 radical (unpaired) electrons. The summed E-state index contributed by atoms with van der Waals surface area (Å²) in [5.41, 5.74) is 1.83. The molecule has 2 heteroatoms. The van der Waals surface area contributed by atoms with Crippen LogP contribution in [0.15, 0.2) is 24.3 Å². The van der Waals surface area contributed by atoms with Gasteiger partial charge in [0.15, 0.2) is 5.78 Å². The Bertz CT molecular complexity index is 367. The highest BCUT2D eigenvalue weighted by Crippen LogP contribution is 2.12. The lowest BCUT2D eigenvalue weighted by atomic mass is 9.99. The van der Waals surface area contributed by atoms with Crippen LogP contribution in [-0.4, -0.2) is 11.6 Å². The Morgan fingerprint density at radius 2 is 1.80 bits per heavy atom. The van der Waals surface area contributed by atoms with Gasteiger partial charge in [-0.15, -0.1) is 0 Å². The number of carbonyl (C=O) groups excluding carboxylic acids is 2. The van der Waals surface area contributed by atoms with Crippen molar-refractivity contribution in [3.8, 4) is 0 Å². The van der Waals surface area contributed by atoms with Crippen molar-refractivity contribution in [3.63, 3.8) is 0 Å². The van der Waals surface area contributed by atoms with E-state index in [4.69, 9.17) is 0 Å². The lowest BCUT2D eigenvalue weighted by Crippen LogP contribution is -2.00. The molecule has 0 saturated heterocycles. The second-order valence-electron chi connectivity index (χ2n) is 3.77. The summed E-state index contributed by atoms with van der Waals surface area (Å²) in [6, 6.07) is 7.59. The maximum Gasteiger partial charge on any atom is 0.160 e. The fraction of sp³-hybridized carbons (Fsp3) is 0.385. The summed E-state index contributed by atoms with van der Waals surface area (Å²) in [5, 5.41) is 0. The number of Topliss-reactive ketones (excluding diaryl/α,β-unsaturated/α-hetero) is 2. The largest absolute Gasteiger partial charge is 0.300 e. The molecule has 1 rings (SSSR count). The number of hydrogen-bond acceptors (Lipinski definition) is 2. The van der Waals surface area contributed by atoms with Crippen LogP contribution in [0.1, 0.15) is 42.6 Å². The van der Waals surface area contributed by atoms with Crippen LogP contribution in [0.5, 0.6) is 0 Å². The van der Waals surface area contributed by atoms with Gasteiger partial charge in [0.1, 0.15) is 5.78 Å². The van der Waals surface area contributed by atoms with Crippen LogP contribution in [0.25, 0.3) is 0 Å². The van der Waals surface area contributed by atoms with Crippen molar-refractivity contribution in [1.82, 2.24) is 0 Å². The van der Waals surface area contributed by atoms with Gasteiger partial charge in [0.05, 0.1) is 0 Å². The monoisotopic (exact) mass is 204 g/mol. The molecule has 0 heterocycles. The van der Waals surface area contributed by atoms with Gasteiger partial charge in [0.2, 0.25) is 0 Å².